The van der Waals surface area contributed by atoms with Crippen LogP contribution in [0, 0.1) is 0 Å². The first-order valence-corrected chi connectivity index (χ1v) is 8.42. The monoisotopic (exact) mass is 470 g/mol. The third-order valence-electron chi connectivity index (χ3n) is 2.66. The molecule has 0 radical (unpaired) electrons. The predicted octanol–water partition coefficient (Wildman–Crippen LogP) is 8.26. The van der Waals surface area contributed by atoms with E-state index in [0.29, 0.717) is 0 Å². The van der Waals surface area contributed by atoms with E-state index in [1.807, 2.05) is 0 Å². The van der Waals surface area contributed by atoms with Crippen molar-refractivity contribution in [3.63, 3.8) is 0 Å². The van der Waals surface area contributed by atoms with Crippen molar-refractivity contribution < 1.29 is 0 Å². The first-order chi connectivity index (χ1) is 8.96. The number of benzene rings is 1. The van der Waals surface area contributed by atoms with Crippen molar-refractivity contribution in [2.24, 2.45) is 0 Å². The number of allylic oxidation sites excluding steroid dienone is 1. The molecule has 1 aliphatic carbocycles. The van der Waals surface area contributed by atoms with Gasteiger partial charge in [0.15, 0.2) is 8.67 Å². The van der Waals surface area contributed by atoms with Gasteiger partial charge in [-0.2, -0.15) is 0 Å². The number of fused-ring (bicyclic) bond motifs is 1. The Bertz CT molecular complexity index is 642. The Balaban J connectivity index is 3.06. The Morgan fingerprint density at radius 3 is 1.50 bits per heavy atom. The molecule has 0 atom stereocenters. The fourth-order valence-corrected chi connectivity index (χ4v) is 4.61. The molecule has 0 unspecified atom stereocenters. The zero-order valence-electron chi connectivity index (χ0n) is 8.78. The summed E-state index contributed by atoms with van der Waals surface area (Å²) >= 11 is 61.0. The highest BCUT2D eigenvalue weighted by Crippen LogP contribution is 2.65. The second kappa shape index (κ2) is 5.74. The summed E-state index contributed by atoms with van der Waals surface area (Å²) in [7, 11) is 0. The molecule has 0 nitrogen and oxygen atoms in total. The van der Waals surface area contributed by atoms with Crippen molar-refractivity contribution in [1.29, 1.82) is 0 Å². The first-order valence-electron chi connectivity index (χ1n) is 4.64. The van der Waals surface area contributed by atoms with E-state index in [2.05, 4.69) is 0 Å². The maximum atomic E-state index is 6.24. The molecule has 0 amide bonds. The largest absolute Gasteiger partial charge is 0.191 e. The second-order valence-electron chi connectivity index (χ2n) is 3.78. The summed E-state index contributed by atoms with van der Waals surface area (Å²) in [4.78, 5) is 0. The Morgan fingerprint density at radius 2 is 1.00 bits per heavy atom. The van der Waals surface area contributed by atoms with E-state index in [1.54, 1.807) is 0 Å². The summed E-state index contributed by atoms with van der Waals surface area (Å²) in [6.45, 7) is 0. The smallest absolute Gasteiger partial charge is 0.0924 e. The van der Waals surface area contributed by atoms with E-state index in [0.717, 1.165) is 0 Å². The van der Waals surface area contributed by atoms with Crippen molar-refractivity contribution in [2.75, 3.05) is 0 Å². The van der Waals surface area contributed by atoms with Crippen LogP contribution in [0.5, 0.6) is 0 Å². The zero-order valence-corrected chi connectivity index (χ0v) is 16.3. The second-order valence-corrected chi connectivity index (χ2v) is 8.71. The van der Waals surface area contributed by atoms with Crippen LogP contribution in [0.15, 0.2) is 5.03 Å². The van der Waals surface area contributed by atoms with Gasteiger partial charge in [-0.3, -0.25) is 0 Å². The van der Waals surface area contributed by atoms with Crippen molar-refractivity contribution >= 4 is 121 Å². The van der Waals surface area contributed by atoms with Gasteiger partial charge >= 0.3 is 0 Å². The summed E-state index contributed by atoms with van der Waals surface area (Å²) in [5, 5.41) is -0.386. The van der Waals surface area contributed by atoms with E-state index in [-0.39, 0.29) is 41.3 Å². The number of hydrogen-bond donors (Lipinski definition) is 0. The summed E-state index contributed by atoms with van der Waals surface area (Å²) in [6, 6.07) is 0. The summed E-state index contributed by atoms with van der Waals surface area (Å²) in [6.07, 6.45) is 0. The molecular formula is C10Cl10. The zero-order chi connectivity index (χ0) is 15.6. The molecule has 0 saturated heterocycles. The van der Waals surface area contributed by atoms with Crippen molar-refractivity contribution in [2.45, 2.75) is 8.67 Å². The van der Waals surface area contributed by atoms with Crippen LogP contribution in [0.4, 0.5) is 0 Å². The minimum Gasteiger partial charge on any atom is -0.0924 e. The van der Waals surface area contributed by atoms with Crippen LogP contribution in [-0.2, 0) is 4.33 Å². The lowest BCUT2D eigenvalue weighted by atomic mass is 9.95. The molecule has 0 bridgehead atoms. The van der Waals surface area contributed by atoms with Gasteiger partial charge in [0.1, 0.15) is 0 Å². The van der Waals surface area contributed by atoms with E-state index in [1.165, 1.54) is 0 Å². The van der Waals surface area contributed by atoms with Crippen LogP contribution in [0.2, 0.25) is 20.1 Å². The van der Waals surface area contributed by atoms with E-state index in [9.17, 15) is 0 Å². The average Bonchev–Trinajstić information content (AvgIpc) is 2.36. The van der Waals surface area contributed by atoms with Gasteiger partial charge in [0.05, 0.1) is 30.2 Å². The van der Waals surface area contributed by atoms with Crippen LogP contribution >= 0.6 is 116 Å². The van der Waals surface area contributed by atoms with Gasteiger partial charge in [-0.15, -0.1) is 0 Å². The first kappa shape index (κ1) is 18.2. The lowest BCUT2D eigenvalue weighted by molar-refractivity contribution is 0.788. The summed E-state index contributed by atoms with van der Waals surface area (Å²) in [5.41, 5.74) is 0.181. The predicted molar refractivity (Wildman–Crippen MR) is 92.9 cm³/mol. The topological polar surface area (TPSA) is 0 Å². The molecule has 0 spiro atoms. The third-order valence-corrected chi connectivity index (χ3v) is 7.88. The minimum absolute atomic E-state index is 0.00581. The van der Waals surface area contributed by atoms with Gasteiger partial charge in [0.25, 0.3) is 0 Å². The lowest BCUT2D eigenvalue weighted by Crippen LogP contribution is -2.38. The lowest BCUT2D eigenvalue weighted by Gasteiger charge is -2.39. The molecule has 0 heterocycles. The molecule has 1 aliphatic rings. The van der Waals surface area contributed by atoms with Gasteiger partial charge in [0.2, 0.25) is 0 Å². The fourth-order valence-electron chi connectivity index (χ4n) is 1.68. The molecule has 110 valence electrons. The maximum Gasteiger partial charge on any atom is 0.191 e. The normalized spacial score (nSPS) is 20.1. The number of alkyl halides is 4. The van der Waals surface area contributed by atoms with Crippen molar-refractivity contribution in [1.82, 2.24) is 0 Å². The van der Waals surface area contributed by atoms with Crippen LogP contribution in [0.1, 0.15) is 11.1 Å². The number of rotatable bonds is 0. The van der Waals surface area contributed by atoms with Gasteiger partial charge < -0.3 is 0 Å². The van der Waals surface area contributed by atoms with E-state index < -0.39 is 8.67 Å². The highest BCUT2D eigenvalue weighted by Gasteiger charge is 2.57. The molecule has 1 aromatic rings. The Hall–Kier alpha value is 1.86. The number of halogens is 10. The third kappa shape index (κ3) is 2.35. The van der Waals surface area contributed by atoms with E-state index >= 15 is 0 Å². The molecule has 0 aromatic heterocycles. The van der Waals surface area contributed by atoms with Crippen LogP contribution in [-0.4, -0.2) is 4.33 Å². The molecule has 1 aromatic carbocycles. The Labute approximate surface area is 164 Å². The van der Waals surface area contributed by atoms with Crippen LogP contribution < -0.4 is 0 Å². The molecule has 0 aliphatic heterocycles. The SMILES string of the molecule is ClC1=C(Cl)C(Cl)(Cl)C(Cl)(Cl)c2c(Cl)c(Cl)c(Cl)c(Cl)c21. The van der Waals surface area contributed by atoms with Gasteiger partial charge in [-0.05, 0) is 0 Å². The highest BCUT2D eigenvalue weighted by molar-refractivity contribution is 6.71. The van der Waals surface area contributed by atoms with Crippen molar-refractivity contribution in [3.05, 3.63) is 36.2 Å². The van der Waals surface area contributed by atoms with Gasteiger partial charge in [-0.1, -0.05) is 116 Å². The molecule has 0 N–H and O–H groups in total. The minimum atomic E-state index is -1.94. The molecule has 0 fully saturated rings. The van der Waals surface area contributed by atoms with Crippen LogP contribution in [0.3, 0.4) is 0 Å². The molecule has 2 rings (SSSR count). The summed E-state index contributed by atoms with van der Waals surface area (Å²) < 4.78 is -3.87. The highest BCUT2D eigenvalue weighted by atomic mass is 35.5. The van der Waals surface area contributed by atoms with E-state index in [4.69, 9.17) is 116 Å². The summed E-state index contributed by atoms with van der Waals surface area (Å²) in [5.74, 6) is 0. The average molecular weight is 475 g/mol. The molecule has 10 heteroatoms. The van der Waals surface area contributed by atoms with Crippen LogP contribution in [0.25, 0.3) is 5.03 Å². The fraction of sp³-hybridized carbons (Fsp3) is 0.200. The molecule has 20 heavy (non-hydrogen) atoms. The van der Waals surface area contributed by atoms with Gasteiger partial charge in [0, 0.05) is 11.1 Å². The van der Waals surface area contributed by atoms with Crippen molar-refractivity contribution in [3.8, 4) is 0 Å². The molecular weight excluding hydrogens is 475 g/mol. The number of hydrogen-bond acceptors (Lipinski definition) is 0. The standard InChI is InChI=1S/C10Cl10/c11-3-1-2(5(13)7(15)6(3)14)9(17,18)10(19,20)8(16)4(1)12. The molecule has 0 saturated carbocycles. The quantitative estimate of drug-likeness (QED) is 0.202. The Kier molecular flexibility index (Phi) is 5.22. The maximum absolute atomic E-state index is 6.24. The Morgan fingerprint density at radius 1 is 0.550 bits per heavy atom. The van der Waals surface area contributed by atoms with Gasteiger partial charge in [-0.25, -0.2) is 0 Å².